The number of thiocarbonyl (C=S) groups is 1. The maximum atomic E-state index is 11.0. The Balaban J connectivity index is 1.90. The molecule has 1 unspecified atom stereocenters. The molecule has 1 amide bonds. The number of rotatable bonds is 4. The van der Waals surface area contributed by atoms with Crippen molar-refractivity contribution in [1.82, 2.24) is 5.32 Å². The van der Waals surface area contributed by atoms with E-state index in [0.717, 1.165) is 11.4 Å². The third-order valence-electron chi connectivity index (χ3n) is 3.11. The summed E-state index contributed by atoms with van der Waals surface area (Å²) in [5, 5.41) is 9.66. The van der Waals surface area contributed by atoms with E-state index >= 15 is 0 Å². The van der Waals surface area contributed by atoms with Gasteiger partial charge in [-0.3, -0.25) is 4.79 Å². The summed E-state index contributed by atoms with van der Waals surface area (Å²) in [4.78, 5) is 11.0. The highest BCUT2D eigenvalue weighted by Crippen LogP contribution is 2.15. The molecule has 114 valence electrons. The predicted molar refractivity (Wildman–Crippen MR) is 95.0 cm³/mol. The molecule has 0 aliphatic heterocycles. The Kier molecular flexibility index (Phi) is 5.49. The molecule has 3 N–H and O–H groups in total. The summed E-state index contributed by atoms with van der Waals surface area (Å²) in [5.41, 5.74) is 2.80. The Labute approximate surface area is 135 Å². The Hall–Kier alpha value is -2.40. The van der Waals surface area contributed by atoms with Crippen LogP contribution >= 0.6 is 12.2 Å². The first-order valence-electron chi connectivity index (χ1n) is 7.04. The van der Waals surface area contributed by atoms with Gasteiger partial charge in [-0.2, -0.15) is 0 Å². The molecule has 0 aromatic heterocycles. The monoisotopic (exact) mass is 313 g/mol. The zero-order valence-corrected chi connectivity index (χ0v) is 13.4. The van der Waals surface area contributed by atoms with Crippen LogP contribution in [0.5, 0.6) is 0 Å². The highest BCUT2D eigenvalue weighted by molar-refractivity contribution is 7.80. The van der Waals surface area contributed by atoms with Gasteiger partial charge in [0, 0.05) is 18.3 Å². The van der Waals surface area contributed by atoms with Crippen LogP contribution < -0.4 is 16.0 Å². The highest BCUT2D eigenvalue weighted by Gasteiger charge is 2.06. The molecule has 1 atom stereocenters. The van der Waals surface area contributed by atoms with Crippen molar-refractivity contribution in [3.05, 3.63) is 60.2 Å². The van der Waals surface area contributed by atoms with Gasteiger partial charge in [-0.1, -0.05) is 30.3 Å². The smallest absolute Gasteiger partial charge is 0.221 e. The maximum absolute atomic E-state index is 11.0. The average molecular weight is 313 g/mol. The molecule has 0 radical (unpaired) electrons. The number of hydrogen-bond donors (Lipinski definition) is 3. The largest absolute Gasteiger partial charge is 0.356 e. The third kappa shape index (κ3) is 4.86. The molecule has 0 aliphatic rings. The molecule has 2 rings (SSSR count). The van der Waals surface area contributed by atoms with Gasteiger partial charge in [-0.25, -0.2) is 0 Å². The second kappa shape index (κ2) is 7.56. The van der Waals surface area contributed by atoms with E-state index in [1.54, 1.807) is 0 Å². The van der Waals surface area contributed by atoms with Gasteiger partial charge in [-0.05, 0) is 49.0 Å². The lowest BCUT2D eigenvalue weighted by molar-refractivity contribution is -0.114. The van der Waals surface area contributed by atoms with Crippen LogP contribution in [0.1, 0.15) is 25.5 Å². The molecule has 0 bridgehead atoms. The van der Waals surface area contributed by atoms with Crippen molar-refractivity contribution in [2.45, 2.75) is 19.9 Å². The molecule has 0 spiro atoms. The molecule has 0 fully saturated rings. The first kappa shape index (κ1) is 16.0. The normalized spacial score (nSPS) is 11.4. The van der Waals surface area contributed by atoms with Crippen LogP contribution in [-0.2, 0) is 4.79 Å². The van der Waals surface area contributed by atoms with Gasteiger partial charge < -0.3 is 16.0 Å². The lowest BCUT2D eigenvalue weighted by Crippen LogP contribution is -2.30. The lowest BCUT2D eigenvalue weighted by atomic mass is 10.1. The molecule has 2 aromatic carbocycles. The van der Waals surface area contributed by atoms with E-state index < -0.39 is 0 Å². The fourth-order valence-electron chi connectivity index (χ4n) is 2.03. The van der Waals surface area contributed by atoms with E-state index in [9.17, 15) is 4.79 Å². The molecular weight excluding hydrogens is 294 g/mol. The van der Waals surface area contributed by atoms with E-state index in [-0.39, 0.29) is 11.9 Å². The average Bonchev–Trinajstić information content (AvgIpc) is 2.49. The molecule has 5 heteroatoms. The van der Waals surface area contributed by atoms with Crippen molar-refractivity contribution >= 4 is 34.6 Å². The minimum absolute atomic E-state index is 0.0883. The summed E-state index contributed by atoms with van der Waals surface area (Å²) in [6.45, 7) is 3.54. The van der Waals surface area contributed by atoms with Crippen molar-refractivity contribution < 1.29 is 4.79 Å². The fourth-order valence-corrected chi connectivity index (χ4v) is 2.32. The number of carbonyl (C=O) groups excluding carboxylic acids is 1. The summed E-state index contributed by atoms with van der Waals surface area (Å²) in [6, 6.07) is 17.6. The van der Waals surface area contributed by atoms with Gasteiger partial charge in [0.1, 0.15) is 0 Å². The molecule has 4 nitrogen and oxygen atoms in total. The topological polar surface area (TPSA) is 53.2 Å². The second-order valence-electron chi connectivity index (χ2n) is 4.99. The summed E-state index contributed by atoms with van der Waals surface area (Å²) in [5.74, 6) is -0.0883. The Morgan fingerprint density at radius 3 is 2.05 bits per heavy atom. The highest BCUT2D eigenvalue weighted by atomic mass is 32.1. The molecule has 0 aliphatic carbocycles. The zero-order valence-electron chi connectivity index (χ0n) is 12.6. The Bertz CT molecular complexity index is 641. The zero-order chi connectivity index (χ0) is 15.9. The quantitative estimate of drug-likeness (QED) is 0.754. The van der Waals surface area contributed by atoms with Crippen LogP contribution in [0.15, 0.2) is 54.6 Å². The molecule has 0 heterocycles. The van der Waals surface area contributed by atoms with E-state index in [2.05, 4.69) is 35.0 Å². The van der Waals surface area contributed by atoms with Gasteiger partial charge in [0.2, 0.25) is 5.91 Å². The van der Waals surface area contributed by atoms with E-state index in [1.165, 1.54) is 12.5 Å². The first-order chi connectivity index (χ1) is 10.5. The standard InChI is InChI=1S/C17H19N3OS/c1-12(14-6-4-3-5-7-14)18-17(22)20-16-10-8-15(9-11-16)19-13(2)21/h3-12H,1-2H3,(H,19,21)(H2,18,20,22). The van der Waals surface area contributed by atoms with Gasteiger partial charge in [0.25, 0.3) is 0 Å². The van der Waals surface area contributed by atoms with E-state index in [0.29, 0.717) is 5.11 Å². The minimum Gasteiger partial charge on any atom is -0.356 e. The number of hydrogen-bond acceptors (Lipinski definition) is 2. The van der Waals surface area contributed by atoms with Crippen molar-refractivity contribution in [3.63, 3.8) is 0 Å². The van der Waals surface area contributed by atoms with Crippen LogP contribution in [0.3, 0.4) is 0 Å². The molecule has 22 heavy (non-hydrogen) atoms. The number of anilines is 2. The number of nitrogens with one attached hydrogen (secondary N) is 3. The van der Waals surface area contributed by atoms with Gasteiger partial charge in [-0.15, -0.1) is 0 Å². The van der Waals surface area contributed by atoms with Crippen LogP contribution in [0.2, 0.25) is 0 Å². The van der Waals surface area contributed by atoms with E-state index in [4.69, 9.17) is 12.2 Å². The molecule has 2 aromatic rings. The first-order valence-corrected chi connectivity index (χ1v) is 7.45. The second-order valence-corrected chi connectivity index (χ2v) is 5.40. The van der Waals surface area contributed by atoms with Crippen LogP contribution in [0.4, 0.5) is 11.4 Å². The van der Waals surface area contributed by atoms with Crippen molar-refractivity contribution in [2.75, 3.05) is 10.6 Å². The van der Waals surface area contributed by atoms with Crippen LogP contribution in [0.25, 0.3) is 0 Å². The van der Waals surface area contributed by atoms with Crippen LogP contribution in [-0.4, -0.2) is 11.0 Å². The van der Waals surface area contributed by atoms with Crippen molar-refractivity contribution in [3.8, 4) is 0 Å². The minimum atomic E-state index is -0.0883. The molecule has 0 saturated heterocycles. The number of carbonyl (C=O) groups is 1. The summed E-state index contributed by atoms with van der Waals surface area (Å²) in [7, 11) is 0. The van der Waals surface area contributed by atoms with Crippen LogP contribution in [0, 0.1) is 0 Å². The molecular formula is C17H19N3OS. The van der Waals surface area contributed by atoms with Crippen molar-refractivity contribution in [2.24, 2.45) is 0 Å². The van der Waals surface area contributed by atoms with E-state index in [1.807, 2.05) is 42.5 Å². The predicted octanol–water partition coefficient (Wildman–Crippen LogP) is 3.69. The summed E-state index contributed by atoms with van der Waals surface area (Å²) in [6.07, 6.45) is 0. The third-order valence-corrected chi connectivity index (χ3v) is 3.33. The Morgan fingerprint density at radius 1 is 0.955 bits per heavy atom. The SMILES string of the molecule is CC(=O)Nc1ccc(NC(=S)NC(C)c2ccccc2)cc1. The van der Waals surface area contributed by atoms with Crippen molar-refractivity contribution in [1.29, 1.82) is 0 Å². The summed E-state index contributed by atoms with van der Waals surface area (Å²) >= 11 is 5.32. The Morgan fingerprint density at radius 2 is 1.50 bits per heavy atom. The fraction of sp³-hybridized carbons (Fsp3) is 0.176. The van der Waals surface area contributed by atoms with Gasteiger partial charge in [0.15, 0.2) is 5.11 Å². The maximum Gasteiger partial charge on any atom is 0.221 e. The van der Waals surface area contributed by atoms with Gasteiger partial charge in [0.05, 0.1) is 6.04 Å². The summed E-state index contributed by atoms with van der Waals surface area (Å²) < 4.78 is 0. The molecule has 0 saturated carbocycles. The number of amides is 1. The lowest BCUT2D eigenvalue weighted by Gasteiger charge is -2.17. The van der Waals surface area contributed by atoms with Gasteiger partial charge >= 0.3 is 0 Å². The number of benzene rings is 2.